The number of aryl methyl sites for hydroxylation is 1. The topological polar surface area (TPSA) is 14.2 Å². The summed E-state index contributed by atoms with van der Waals surface area (Å²) in [5.74, 6) is 0. The molecule has 0 unspecified atom stereocenters. The summed E-state index contributed by atoms with van der Waals surface area (Å²) in [5.41, 5.74) is 2.72. The van der Waals surface area contributed by atoms with Crippen molar-refractivity contribution in [1.82, 2.24) is 4.23 Å². The number of nitrogens with zero attached hydrogens (tertiary/aromatic N) is 1. The molecule has 0 radical (unpaired) electrons. The molecule has 164 valence electrons. The normalized spacial score (nSPS) is 14.6. The van der Waals surface area contributed by atoms with Crippen LogP contribution in [0.3, 0.4) is 0 Å². The highest BCUT2D eigenvalue weighted by molar-refractivity contribution is 6.79. The molecule has 0 atom stereocenters. The lowest BCUT2D eigenvalue weighted by Crippen LogP contribution is -2.47. The van der Waals surface area contributed by atoms with Gasteiger partial charge in [-0.05, 0) is 79.1 Å². The van der Waals surface area contributed by atoms with Gasteiger partial charge in [0, 0.05) is 5.52 Å². The van der Waals surface area contributed by atoms with Crippen molar-refractivity contribution in [3.63, 3.8) is 0 Å². The molecule has 0 amide bonds. The molecule has 0 N–H and O–H groups in total. The SMILES string of the molecule is CC(C)(CCc1ccc2ccn([Si](C)(C)C(C)(C)C)c2c1)O[Si](C)(C)C(C)(C)C. The van der Waals surface area contributed by atoms with Crippen molar-refractivity contribution in [2.45, 2.75) is 110 Å². The summed E-state index contributed by atoms with van der Waals surface area (Å²) in [5, 5.41) is 1.91. The zero-order chi connectivity index (χ0) is 22.5. The number of fused-ring (bicyclic) bond motifs is 1. The number of hydrogen-bond acceptors (Lipinski definition) is 1. The average Bonchev–Trinajstić information content (AvgIpc) is 2.93. The Morgan fingerprint density at radius 3 is 1.93 bits per heavy atom. The van der Waals surface area contributed by atoms with Crippen molar-refractivity contribution in [1.29, 1.82) is 0 Å². The molecular formula is C25H45NOSi2. The molecule has 2 aromatic rings. The largest absolute Gasteiger partial charge is 0.412 e. The van der Waals surface area contributed by atoms with Crippen LogP contribution in [0.4, 0.5) is 0 Å². The Labute approximate surface area is 182 Å². The van der Waals surface area contributed by atoms with Gasteiger partial charge in [0.05, 0.1) is 5.60 Å². The summed E-state index contributed by atoms with van der Waals surface area (Å²) in [4.78, 5) is 0. The average molecular weight is 432 g/mol. The van der Waals surface area contributed by atoms with Gasteiger partial charge in [0.15, 0.2) is 16.6 Å². The van der Waals surface area contributed by atoms with Crippen LogP contribution in [-0.4, -0.2) is 26.4 Å². The van der Waals surface area contributed by atoms with Crippen LogP contribution in [0.25, 0.3) is 10.9 Å². The first-order valence-corrected chi connectivity index (χ1v) is 17.0. The number of aromatic nitrogens is 1. The third-order valence-electron chi connectivity index (χ3n) is 7.55. The molecule has 0 aliphatic rings. The van der Waals surface area contributed by atoms with E-state index in [9.17, 15) is 0 Å². The maximum absolute atomic E-state index is 6.75. The van der Waals surface area contributed by atoms with Gasteiger partial charge in [-0.2, -0.15) is 0 Å². The van der Waals surface area contributed by atoms with Gasteiger partial charge in [-0.25, -0.2) is 0 Å². The highest BCUT2D eigenvalue weighted by atomic mass is 28.4. The third kappa shape index (κ3) is 5.26. The van der Waals surface area contributed by atoms with E-state index in [2.05, 4.69) is 116 Å². The third-order valence-corrected chi connectivity index (χ3v) is 17.5. The predicted octanol–water partition coefficient (Wildman–Crippen LogP) is 8.23. The molecule has 1 aromatic carbocycles. The molecule has 0 aliphatic heterocycles. The van der Waals surface area contributed by atoms with E-state index in [1.165, 1.54) is 16.5 Å². The first-order valence-electron chi connectivity index (χ1n) is 11.2. The van der Waals surface area contributed by atoms with Crippen LogP contribution in [0, 0.1) is 0 Å². The fraction of sp³-hybridized carbons (Fsp3) is 0.680. The van der Waals surface area contributed by atoms with Gasteiger partial charge in [0.25, 0.3) is 0 Å². The highest BCUT2D eigenvalue weighted by Crippen LogP contribution is 2.41. The van der Waals surface area contributed by atoms with E-state index in [4.69, 9.17) is 4.43 Å². The van der Waals surface area contributed by atoms with Crippen LogP contribution in [0.15, 0.2) is 30.5 Å². The Morgan fingerprint density at radius 1 is 0.828 bits per heavy atom. The Hall–Kier alpha value is -0.846. The van der Waals surface area contributed by atoms with Crippen molar-refractivity contribution >= 4 is 27.5 Å². The minimum absolute atomic E-state index is 0.0978. The van der Waals surface area contributed by atoms with Crippen LogP contribution in [0.2, 0.25) is 36.3 Å². The van der Waals surface area contributed by atoms with E-state index in [0.29, 0.717) is 5.04 Å². The Morgan fingerprint density at radius 2 is 1.41 bits per heavy atom. The molecule has 0 spiro atoms. The van der Waals surface area contributed by atoms with Gasteiger partial charge >= 0.3 is 0 Å². The summed E-state index contributed by atoms with van der Waals surface area (Å²) < 4.78 is 9.35. The molecule has 4 heteroatoms. The monoisotopic (exact) mass is 431 g/mol. The molecule has 0 bridgehead atoms. The van der Waals surface area contributed by atoms with Gasteiger partial charge in [-0.3, -0.25) is 0 Å². The van der Waals surface area contributed by atoms with Gasteiger partial charge in [0.2, 0.25) is 0 Å². The Bertz CT molecular complexity index is 848. The molecule has 0 saturated heterocycles. The molecule has 1 heterocycles. The zero-order valence-electron chi connectivity index (χ0n) is 21.2. The molecular weight excluding hydrogens is 386 g/mol. The zero-order valence-corrected chi connectivity index (χ0v) is 23.2. The first kappa shape index (κ1) is 24.4. The van der Waals surface area contributed by atoms with Crippen LogP contribution in [-0.2, 0) is 10.8 Å². The smallest absolute Gasteiger partial charge is 0.192 e. The minimum atomic E-state index is -1.76. The maximum atomic E-state index is 6.75. The van der Waals surface area contributed by atoms with Crippen LogP contribution in [0.5, 0.6) is 0 Å². The molecule has 0 saturated carbocycles. The van der Waals surface area contributed by atoms with Crippen molar-refractivity contribution in [3.05, 3.63) is 36.0 Å². The highest BCUT2D eigenvalue weighted by Gasteiger charge is 2.41. The van der Waals surface area contributed by atoms with E-state index in [1.807, 2.05) is 0 Å². The van der Waals surface area contributed by atoms with E-state index < -0.39 is 16.6 Å². The Kier molecular flexibility index (Phi) is 6.47. The van der Waals surface area contributed by atoms with Crippen molar-refractivity contribution in [3.8, 4) is 0 Å². The second-order valence-corrected chi connectivity index (χ2v) is 22.3. The fourth-order valence-corrected chi connectivity index (χ4v) is 7.27. The number of rotatable bonds is 6. The van der Waals surface area contributed by atoms with Gasteiger partial charge in [-0.15, -0.1) is 0 Å². The standard InChI is InChI=1S/C25H45NOSi2/c1-23(2,3)28(9,10)26-18-16-21-14-13-20(19-22(21)26)15-17-25(7,8)27-29(11,12)24(4,5)6/h13-14,16,18-19H,15,17H2,1-12H3. The number of benzene rings is 1. The predicted molar refractivity (Wildman–Crippen MR) is 135 cm³/mol. The molecule has 2 nitrogen and oxygen atoms in total. The molecule has 0 aliphatic carbocycles. The molecule has 29 heavy (non-hydrogen) atoms. The van der Waals surface area contributed by atoms with Crippen LogP contribution >= 0.6 is 0 Å². The molecule has 0 fully saturated rings. The summed E-state index contributed by atoms with van der Waals surface area (Å²) >= 11 is 0. The van der Waals surface area contributed by atoms with Crippen LogP contribution < -0.4 is 0 Å². The Balaban J connectivity index is 2.25. The van der Waals surface area contributed by atoms with E-state index in [0.717, 1.165) is 12.8 Å². The quantitative estimate of drug-likeness (QED) is 0.420. The molecule has 1 aromatic heterocycles. The van der Waals surface area contributed by atoms with Crippen molar-refractivity contribution in [2.24, 2.45) is 0 Å². The van der Waals surface area contributed by atoms with E-state index in [-0.39, 0.29) is 10.6 Å². The van der Waals surface area contributed by atoms with E-state index >= 15 is 0 Å². The summed E-state index contributed by atoms with van der Waals surface area (Å²) in [6, 6.07) is 9.32. The van der Waals surface area contributed by atoms with Crippen molar-refractivity contribution < 1.29 is 4.43 Å². The summed E-state index contributed by atoms with van der Waals surface area (Å²) in [6.45, 7) is 28.3. The lowest BCUT2D eigenvalue weighted by Gasteiger charge is -2.43. The van der Waals surface area contributed by atoms with Crippen LogP contribution in [0.1, 0.15) is 67.4 Å². The van der Waals surface area contributed by atoms with Gasteiger partial charge in [0.1, 0.15) is 0 Å². The van der Waals surface area contributed by atoms with Gasteiger partial charge in [-0.1, -0.05) is 66.8 Å². The van der Waals surface area contributed by atoms with Gasteiger partial charge < -0.3 is 8.66 Å². The van der Waals surface area contributed by atoms with Crippen molar-refractivity contribution in [2.75, 3.05) is 0 Å². The minimum Gasteiger partial charge on any atom is -0.412 e. The lowest BCUT2D eigenvalue weighted by molar-refractivity contribution is 0.0827. The summed E-state index contributed by atoms with van der Waals surface area (Å²) in [7, 11) is -3.40. The summed E-state index contributed by atoms with van der Waals surface area (Å²) in [6.07, 6.45) is 4.42. The molecule has 2 rings (SSSR count). The lowest BCUT2D eigenvalue weighted by atomic mass is 9.98. The second kappa shape index (κ2) is 7.69. The van der Waals surface area contributed by atoms with E-state index in [1.54, 1.807) is 0 Å². The maximum Gasteiger partial charge on any atom is 0.192 e. The second-order valence-electron chi connectivity index (χ2n) is 12.5. The fourth-order valence-electron chi connectivity index (χ4n) is 3.52. The first-order chi connectivity index (χ1) is 12.9. The number of hydrogen-bond donors (Lipinski definition) is 0.